The lowest BCUT2D eigenvalue weighted by Gasteiger charge is -2.36. The van der Waals surface area contributed by atoms with Gasteiger partial charge >= 0.3 is 0 Å². The van der Waals surface area contributed by atoms with Gasteiger partial charge in [0.15, 0.2) is 27.8 Å². The predicted octanol–water partition coefficient (Wildman–Crippen LogP) is 2.95. The van der Waals surface area contributed by atoms with Gasteiger partial charge in [-0.3, -0.25) is 18.8 Å². The summed E-state index contributed by atoms with van der Waals surface area (Å²) in [7, 11) is 9.52. The smallest absolute Gasteiger partial charge is 0.267 e. The van der Waals surface area contributed by atoms with Crippen LogP contribution in [0.5, 0.6) is 40.4 Å². The number of aromatic nitrogens is 2. The van der Waals surface area contributed by atoms with Crippen molar-refractivity contribution in [3.63, 3.8) is 0 Å². The number of ether oxygens (including phenoxy) is 6. The van der Waals surface area contributed by atoms with Crippen molar-refractivity contribution < 1.29 is 33.5 Å². The lowest BCUT2D eigenvalue weighted by atomic mass is 9.87. The molecular weight excluding hydrogens is 514 g/mol. The van der Waals surface area contributed by atoms with Gasteiger partial charge in [0.2, 0.25) is 24.2 Å². The van der Waals surface area contributed by atoms with E-state index in [1.165, 1.54) is 30.5 Å². The summed E-state index contributed by atoms with van der Waals surface area (Å²) in [5, 5.41) is 11.4. The van der Waals surface area contributed by atoms with Gasteiger partial charge in [0, 0.05) is 31.3 Å². The fourth-order valence-corrected chi connectivity index (χ4v) is 5.46. The van der Waals surface area contributed by atoms with Crippen LogP contribution in [-0.4, -0.2) is 68.0 Å². The Morgan fingerprint density at radius 2 is 1.61 bits per heavy atom. The molecule has 1 unspecified atom stereocenters. The molecule has 1 aromatic heterocycles. The zero-order chi connectivity index (χ0) is 27.3. The standard InChI is InChI=1S/C26H29N3O8S/c1-27-8-7-13-9-17-22(37-12-36-17)23(35-6)18(13)20(27)19-24(30)28(2)26(38)29(25(19)31)14-10-15(32-3)21(34-5)16(11-14)33-4/h9-11,20,30H,7-8,12H2,1-6H3. The van der Waals surface area contributed by atoms with E-state index < -0.39 is 11.6 Å². The van der Waals surface area contributed by atoms with Gasteiger partial charge in [-0.15, -0.1) is 0 Å². The van der Waals surface area contributed by atoms with Gasteiger partial charge in [0.25, 0.3) is 5.56 Å². The van der Waals surface area contributed by atoms with Crippen molar-refractivity contribution >= 4 is 12.2 Å². The third-order valence-corrected chi connectivity index (χ3v) is 7.50. The van der Waals surface area contributed by atoms with E-state index >= 15 is 0 Å². The Bertz CT molecular complexity index is 1520. The van der Waals surface area contributed by atoms with Gasteiger partial charge < -0.3 is 33.5 Å². The largest absolute Gasteiger partial charge is 0.494 e. The first-order valence-electron chi connectivity index (χ1n) is 11.8. The van der Waals surface area contributed by atoms with E-state index in [0.717, 1.165) is 11.1 Å². The monoisotopic (exact) mass is 543 g/mol. The molecule has 3 heterocycles. The van der Waals surface area contributed by atoms with Crippen LogP contribution in [0.3, 0.4) is 0 Å². The highest BCUT2D eigenvalue weighted by molar-refractivity contribution is 7.71. The summed E-state index contributed by atoms with van der Waals surface area (Å²) in [5.74, 6) is 2.38. The molecule has 2 aliphatic rings. The van der Waals surface area contributed by atoms with E-state index in [-0.39, 0.29) is 23.0 Å². The third-order valence-electron chi connectivity index (χ3n) is 7.05. The minimum Gasteiger partial charge on any atom is -0.494 e. The predicted molar refractivity (Wildman–Crippen MR) is 140 cm³/mol. The molecular formula is C26H29N3O8S. The van der Waals surface area contributed by atoms with Crippen LogP contribution < -0.4 is 34.0 Å². The van der Waals surface area contributed by atoms with Gasteiger partial charge in [-0.1, -0.05) is 0 Å². The summed E-state index contributed by atoms with van der Waals surface area (Å²) >= 11 is 5.63. The van der Waals surface area contributed by atoms with E-state index in [1.807, 2.05) is 18.0 Å². The molecule has 0 amide bonds. The summed E-state index contributed by atoms with van der Waals surface area (Å²) in [5.41, 5.74) is 1.70. The van der Waals surface area contributed by atoms with Crippen LogP contribution in [0.4, 0.5) is 0 Å². The Morgan fingerprint density at radius 3 is 2.21 bits per heavy atom. The number of hydrogen-bond acceptors (Lipinski definition) is 10. The number of nitrogens with zero attached hydrogens (tertiary/aromatic N) is 3. The second kappa shape index (κ2) is 9.76. The number of hydrogen-bond donors (Lipinski definition) is 1. The molecule has 202 valence electrons. The Hall–Kier alpha value is -3.90. The van der Waals surface area contributed by atoms with Gasteiger partial charge in [-0.2, -0.15) is 0 Å². The summed E-state index contributed by atoms with van der Waals surface area (Å²) in [6.45, 7) is 0.705. The first kappa shape index (κ1) is 25.7. The van der Waals surface area contributed by atoms with E-state index in [4.69, 9.17) is 40.6 Å². The van der Waals surface area contributed by atoms with Crippen LogP contribution in [-0.2, 0) is 13.5 Å². The van der Waals surface area contributed by atoms with Crippen LogP contribution in [0.15, 0.2) is 23.0 Å². The zero-order valence-electron chi connectivity index (χ0n) is 22.0. The number of methoxy groups -OCH3 is 4. The van der Waals surface area contributed by atoms with Gasteiger partial charge in [-0.05, 0) is 37.3 Å². The Morgan fingerprint density at radius 1 is 0.947 bits per heavy atom. The molecule has 0 saturated heterocycles. The normalized spacial score (nSPS) is 16.2. The lowest BCUT2D eigenvalue weighted by Crippen LogP contribution is -2.38. The maximum Gasteiger partial charge on any atom is 0.267 e. The van der Waals surface area contributed by atoms with Crippen molar-refractivity contribution in [3.05, 3.63) is 50.0 Å². The number of fused-ring (bicyclic) bond motifs is 2. The molecule has 0 aliphatic carbocycles. The molecule has 12 heteroatoms. The van der Waals surface area contributed by atoms with E-state index in [9.17, 15) is 9.90 Å². The van der Waals surface area contributed by atoms with Crippen molar-refractivity contribution in [2.75, 3.05) is 48.8 Å². The molecule has 1 N–H and O–H groups in total. The summed E-state index contributed by atoms with van der Waals surface area (Å²) in [6, 6.07) is 4.52. The Kier molecular flexibility index (Phi) is 6.61. The van der Waals surface area contributed by atoms with E-state index in [0.29, 0.717) is 53.2 Å². The number of benzene rings is 2. The van der Waals surface area contributed by atoms with Crippen LogP contribution in [0, 0.1) is 4.77 Å². The zero-order valence-corrected chi connectivity index (χ0v) is 22.8. The molecule has 2 aromatic carbocycles. The molecule has 2 aliphatic heterocycles. The molecule has 3 aromatic rings. The minimum atomic E-state index is -0.661. The first-order chi connectivity index (χ1) is 18.3. The Labute approximate surface area is 224 Å². The van der Waals surface area contributed by atoms with Gasteiger partial charge in [0.05, 0.1) is 45.7 Å². The second-order valence-corrected chi connectivity index (χ2v) is 9.32. The van der Waals surface area contributed by atoms with Crippen LogP contribution in [0.1, 0.15) is 22.7 Å². The molecule has 0 radical (unpaired) electrons. The first-order valence-corrected chi connectivity index (χ1v) is 12.2. The van der Waals surface area contributed by atoms with Crippen LogP contribution in [0.2, 0.25) is 0 Å². The molecule has 0 bridgehead atoms. The van der Waals surface area contributed by atoms with Gasteiger partial charge in [0.1, 0.15) is 0 Å². The molecule has 11 nitrogen and oxygen atoms in total. The van der Waals surface area contributed by atoms with Crippen molar-refractivity contribution in [1.82, 2.24) is 14.0 Å². The quantitative estimate of drug-likeness (QED) is 0.467. The third kappa shape index (κ3) is 3.74. The fourth-order valence-electron chi connectivity index (χ4n) is 5.19. The number of likely N-dealkylation sites (N-methyl/N-ethyl adjacent to an activating group) is 1. The van der Waals surface area contributed by atoms with Crippen molar-refractivity contribution in [1.29, 1.82) is 0 Å². The summed E-state index contributed by atoms with van der Waals surface area (Å²) < 4.78 is 36.4. The molecule has 38 heavy (non-hydrogen) atoms. The van der Waals surface area contributed by atoms with Crippen molar-refractivity contribution in [3.8, 4) is 46.1 Å². The molecule has 0 fully saturated rings. The second-order valence-electron chi connectivity index (χ2n) is 8.95. The summed E-state index contributed by atoms with van der Waals surface area (Å²) in [4.78, 5) is 16.3. The highest BCUT2D eigenvalue weighted by atomic mass is 32.1. The van der Waals surface area contributed by atoms with E-state index in [2.05, 4.69) is 0 Å². The molecule has 5 rings (SSSR count). The fraction of sp³-hybridized carbons (Fsp3) is 0.385. The lowest BCUT2D eigenvalue weighted by molar-refractivity contribution is 0.170. The SMILES string of the molecule is COc1cc(-n2c(=O)c(C3c4c(cc5c(c4OC)OCO5)CCN3C)c(O)n(C)c2=S)cc(OC)c1OC. The maximum atomic E-state index is 14.3. The van der Waals surface area contributed by atoms with Gasteiger partial charge in [-0.25, -0.2) is 0 Å². The summed E-state index contributed by atoms with van der Waals surface area (Å²) in [6.07, 6.45) is 0.697. The van der Waals surface area contributed by atoms with Crippen LogP contribution >= 0.6 is 12.2 Å². The maximum absolute atomic E-state index is 14.3. The highest BCUT2D eigenvalue weighted by Crippen LogP contribution is 2.51. The average Bonchev–Trinajstić information content (AvgIpc) is 3.39. The van der Waals surface area contributed by atoms with Crippen LogP contribution in [0.25, 0.3) is 5.69 Å². The highest BCUT2D eigenvalue weighted by Gasteiger charge is 2.38. The number of rotatable bonds is 6. The molecule has 0 saturated carbocycles. The number of aromatic hydroxyl groups is 1. The van der Waals surface area contributed by atoms with Crippen molar-refractivity contribution in [2.24, 2.45) is 7.05 Å². The minimum absolute atomic E-state index is 0.0773. The van der Waals surface area contributed by atoms with E-state index in [1.54, 1.807) is 26.3 Å². The average molecular weight is 544 g/mol. The van der Waals surface area contributed by atoms with Crippen molar-refractivity contribution in [2.45, 2.75) is 12.5 Å². The molecule has 1 atom stereocenters. The Balaban J connectivity index is 1.82. The topological polar surface area (TPSA) is 106 Å². The molecule has 0 spiro atoms.